The van der Waals surface area contributed by atoms with Gasteiger partial charge in [0.05, 0.1) is 11.8 Å². The van der Waals surface area contributed by atoms with E-state index in [1.54, 1.807) is 18.2 Å². The van der Waals surface area contributed by atoms with Crippen LogP contribution in [0.2, 0.25) is 5.02 Å². The van der Waals surface area contributed by atoms with Gasteiger partial charge in [0, 0.05) is 28.9 Å². The zero-order valence-corrected chi connectivity index (χ0v) is 17.6. The SMILES string of the molecule is O=C1[C@@H]2[C@H]3CCCN3[C@@]3(C(=O)Nc4ccc(Cl)cc43)[C@@H]2C(=O)N1CCc1ccccc1. The van der Waals surface area contributed by atoms with Gasteiger partial charge < -0.3 is 5.32 Å². The standard InChI is InChI=1S/C24H22ClN3O3/c25-15-8-9-17-16(13-15)24(23(31)26-17)20-19(18-7-4-11-28(18)24)21(29)27(22(20)30)12-10-14-5-2-1-3-6-14/h1-3,5-6,8-9,13,18-20H,4,7,10-12H2,(H,26,31)/t18-,19-,20+,24-/m1/s1. The lowest BCUT2D eigenvalue weighted by Crippen LogP contribution is -2.54. The summed E-state index contributed by atoms with van der Waals surface area (Å²) in [5.74, 6) is -1.77. The molecule has 158 valence electrons. The average Bonchev–Trinajstić information content (AvgIpc) is 3.47. The Hall–Kier alpha value is -2.70. The van der Waals surface area contributed by atoms with E-state index < -0.39 is 17.4 Å². The van der Waals surface area contributed by atoms with E-state index in [4.69, 9.17) is 11.6 Å². The Morgan fingerprint density at radius 1 is 1.06 bits per heavy atom. The largest absolute Gasteiger partial charge is 0.324 e. The van der Waals surface area contributed by atoms with Gasteiger partial charge in [0.15, 0.2) is 0 Å². The minimum atomic E-state index is -1.15. The fraction of sp³-hybridized carbons (Fsp3) is 0.375. The molecule has 3 fully saturated rings. The van der Waals surface area contributed by atoms with Crippen molar-refractivity contribution in [1.29, 1.82) is 0 Å². The normalized spacial score (nSPS) is 31.3. The summed E-state index contributed by atoms with van der Waals surface area (Å²) in [6.45, 7) is 1.03. The quantitative estimate of drug-likeness (QED) is 0.753. The molecule has 0 radical (unpaired) electrons. The van der Waals surface area contributed by atoms with Crippen LogP contribution in [0.1, 0.15) is 24.0 Å². The van der Waals surface area contributed by atoms with Crippen molar-refractivity contribution in [3.05, 3.63) is 64.7 Å². The third kappa shape index (κ3) is 2.40. The first-order valence-corrected chi connectivity index (χ1v) is 11.2. The molecule has 7 heteroatoms. The highest BCUT2D eigenvalue weighted by molar-refractivity contribution is 6.31. The first-order chi connectivity index (χ1) is 15.0. The molecule has 31 heavy (non-hydrogen) atoms. The topological polar surface area (TPSA) is 69.7 Å². The molecular formula is C24H22ClN3O3. The summed E-state index contributed by atoms with van der Waals surface area (Å²) in [7, 11) is 0. The van der Waals surface area contributed by atoms with Gasteiger partial charge in [-0.1, -0.05) is 41.9 Å². The van der Waals surface area contributed by atoms with Crippen LogP contribution in [0.5, 0.6) is 0 Å². The zero-order valence-electron chi connectivity index (χ0n) is 16.9. The second-order valence-corrected chi connectivity index (χ2v) is 9.32. The lowest BCUT2D eigenvalue weighted by atomic mass is 9.75. The Morgan fingerprint density at radius 2 is 1.87 bits per heavy atom. The van der Waals surface area contributed by atoms with Crippen molar-refractivity contribution >= 4 is 35.0 Å². The van der Waals surface area contributed by atoms with Crippen molar-refractivity contribution in [3.63, 3.8) is 0 Å². The second-order valence-electron chi connectivity index (χ2n) is 8.88. The van der Waals surface area contributed by atoms with Gasteiger partial charge in [0.2, 0.25) is 17.7 Å². The van der Waals surface area contributed by atoms with E-state index >= 15 is 0 Å². The molecule has 0 unspecified atom stereocenters. The molecule has 6 rings (SSSR count). The number of anilines is 1. The number of benzene rings is 2. The summed E-state index contributed by atoms with van der Waals surface area (Å²) in [6, 6.07) is 15.1. The molecule has 4 aliphatic rings. The Kier molecular flexibility index (Phi) is 4.08. The number of rotatable bonds is 3. The van der Waals surface area contributed by atoms with E-state index in [2.05, 4.69) is 10.2 Å². The Morgan fingerprint density at radius 3 is 2.68 bits per heavy atom. The maximum atomic E-state index is 13.7. The van der Waals surface area contributed by atoms with Crippen LogP contribution in [-0.2, 0) is 26.3 Å². The van der Waals surface area contributed by atoms with Crippen molar-refractivity contribution in [1.82, 2.24) is 9.80 Å². The van der Waals surface area contributed by atoms with Crippen LogP contribution in [0.25, 0.3) is 0 Å². The Balaban J connectivity index is 1.43. The number of amides is 3. The fourth-order valence-corrected chi connectivity index (χ4v) is 6.51. The number of hydrogen-bond donors (Lipinski definition) is 1. The minimum Gasteiger partial charge on any atom is -0.324 e. The van der Waals surface area contributed by atoms with Crippen LogP contribution in [0.3, 0.4) is 0 Å². The highest BCUT2D eigenvalue weighted by Crippen LogP contribution is 2.60. The highest BCUT2D eigenvalue weighted by atomic mass is 35.5. The molecule has 4 aliphatic heterocycles. The summed E-state index contributed by atoms with van der Waals surface area (Å²) in [4.78, 5) is 44.3. The molecule has 4 heterocycles. The van der Waals surface area contributed by atoms with E-state index in [9.17, 15) is 14.4 Å². The van der Waals surface area contributed by atoms with Crippen LogP contribution in [0.15, 0.2) is 48.5 Å². The number of nitrogens with one attached hydrogen (secondary N) is 1. The van der Waals surface area contributed by atoms with Gasteiger partial charge in [0.25, 0.3) is 0 Å². The Labute approximate surface area is 185 Å². The molecule has 2 aromatic rings. The highest BCUT2D eigenvalue weighted by Gasteiger charge is 2.74. The first-order valence-electron chi connectivity index (χ1n) is 10.8. The lowest BCUT2D eigenvalue weighted by molar-refractivity contribution is -0.145. The van der Waals surface area contributed by atoms with E-state index in [1.165, 1.54) is 4.90 Å². The molecule has 6 nitrogen and oxygen atoms in total. The summed E-state index contributed by atoms with van der Waals surface area (Å²) in [5.41, 5.74) is 1.34. The van der Waals surface area contributed by atoms with Crippen LogP contribution in [0.4, 0.5) is 5.69 Å². The lowest BCUT2D eigenvalue weighted by Gasteiger charge is -2.36. The van der Waals surface area contributed by atoms with Gasteiger partial charge in [0.1, 0.15) is 5.54 Å². The van der Waals surface area contributed by atoms with Crippen molar-refractivity contribution in [2.45, 2.75) is 30.8 Å². The number of imide groups is 1. The van der Waals surface area contributed by atoms with Crippen LogP contribution >= 0.6 is 11.6 Å². The molecule has 0 bridgehead atoms. The van der Waals surface area contributed by atoms with Gasteiger partial charge in [-0.3, -0.25) is 24.2 Å². The number of carbonyl (C=O) groups excluding carboxylic acids is 3. The molecule has 0 aromatic heterocycles. The van der Waals surface area contributed by atoms with E-state index in [0.717, 1.165) is 24.0 Å². The smallest absolute Gasteiger partial charge is 0.250 e. The number of fused-ring (bicyclic) bond motifs is 7. The zero-order chi connectivity index (χ0) is 21.3. The average molecular weight is 436 g/mol. The molecule has 3 saturated heterocycles. The maximum absolute atomic E-state index is 13.7. The number of halogens is 1. The second kappa shape index (κ2) is 6.65. The van der Waals surface area contributed by atoms with Crippen molar-refractivity contribution < 1.29 is 14.4 Å². The predicted molar refractivity (Wildman–Crippen MR) is 115 cm³/mol. The van der Waals surface area contributed by atoms with Gasteiger partial charge in [-0.2, -0.15) is 0 Å². The number of carbonyl (C=O) groups is 3. The third-order valence-electron chi connectivity index (χ3n) is 7.51. The van der Waals surface area contributed by atoms with Gasteiger partial charge in [-0.25, -0.2) is 0 Å². The van der Waals surface area contributed by atoms with Gasteiger partial charge >= 0.3 is 0 Å². The number of hydrogen-bond acceptors (Lipinski definition) is 4. The number of nitrogens with zero attached hydrogens (tertiary/aromatic N) is 2. The van der Waals surface area contributed by atoms with Crippen LogP contribution < -0.4 is 5.32 Å². The molecular weight excluding hydrogens is 414 g/mol. The molecule has 1 spiro atoms. The fourth-order valence-electron chi connectivity index (χ4n) is 6.34. The van der Waals surface area contributed by atoms with Crippen molar-refractivity contribution in [2.75, 3.05) is 18.4 Å². The summed E-state index contributed by atoms with van der Waals surface area (Å²) < 4.78 is 0. The van der Waals surface area contributed by atoms with Crippen LogP contribution in [0, 0.1) is 11.8 Å². The monoisotopic (exact) mass is 435 g/mol. The third-order valence-corrected chi connectivity index (χ3v) is 7.75. The van der Waals surface area contributed by atoms with Crippen molar-refractivity contribution in [2.24, 2.45) is 11.8 Å². The predicted octanol–water partition coefficient (Wildman–Crippen LogP) is 2.81. The van der Waals surface area contributed by atoms with Crippen molar-refractivity contribution in [3.8, 4) is 0 Å². The van der Waals surface area contributed by atoms with E-state index in [1.807, 2.05) is 30.3 Å². The molecule has 0 saturated carbocycles. The molecule has 3 amide bonds. The minimum absolute atomic E-state index is 0.0983. The van der Waals surface area contributed by atoms with E-state index in [-0.39, 0.29) is 23.8 Å². The summed E-state index contributed by atoms with van der Waals surface area (Å²) in [5, 5.41) is 3.49. The van der Waals surface area contributed by atoms with Gasteiger partial charge in [-0.05, 0) is 49.6 Å². The van der Waals surface area contributed by atoms with E-state index in [0.29, 0.717) is 30.2 Å². The molecule has 2 aromatic carbocycles. The molecule has 0 aliphatic carbocycles. The summed E-state index contributed by atoms with van der Waals surface area (Å²) >= 11 is 6.31. The Bertz CT molecular complexity index is 1120. The molecule has 4 atom stereocenters. The molecule has 1 N–H and O–H groups in total. The maximum Gasteiger partial charge on any atom is 0.250 e. The number of likely N-dealkylation sites (tertiary alicyclic amines) is 1. The van der Waals surface area contributed by atoms with Crippen LogP contribution in [-0.4, -0.2) is 46.7 Å². The van der Waals surface area contributed by atoms with Gasteiger partial charge in [-0.15, -0.1) is 0 Å². The first kappa shape index (κ1) is 19.0. The summed E-state index contributed by atoms with van der Waals surface area (Å²) in [6.07, 6.45) is 2.33.